The molecule has 0 radical (unpaired) electrons. The third kappa shape index (κ3) is 8.29. The molecular formula is C22H34F3N3O3. The fourth-order valence-electron chi connectivity index (χ4n) is 3.79. The maximum atomic E-state index is 12.8. The van der Waals surface area contributed by atoms with Crippen LogP contribution in [0.15, 0.2) is 18.2 Å². The molecule has 1 saturated heterocycles. The summed E-state index contributed by atoms with van der Waals surface area (Å²) in [6.45, 7) is 10.8. The molecule has 0 unspecified atom stereocenters. The number of β-amino-alcohol motifs (C(OH)–C–C–N with tert-alkyl or cyclic N) is 1. The van der Waals surface area contributed by atoms with E-state index >= 15 is 0 Å². The third-order valence-electron chi connectivity index (χ3n) is 5.15. The normalized spacial score (nSPS) is 19.3. The molecule has 176 valence electrons. The number of halogens is 3. The zero-order chi connectivity index (χ0) is 23.4. The number of nitrogens with one attached hydrogen (secondary N) is 1. The Hall–Kier alpha value is -1.87. The van der Waals surface area contributed by atoms with E-state index in [9.17, 15) is 23.1 Å². The van der Waals surface area contributed by atoms with E-state index < -0.39 is 23.6 Å². The van der Waals surface area contributed by atoms with Gasteiger partial charge in [0, 0.05) is 25.2 Å². The number of carbonyl (C=O) groups is 1. The molecule has 0 spiro atoms. The van der Waals surface area contributed by atoms with Gasteiger partial charge in [-0.25, -0.2) is 9.78 Å². The van der Waals surface area contributed by atoms with Crippen LogP contribution in [0, 0.1) is 5.92 Å². The number of aromatic nitrogens is 1. The Balaban J connectivity index is 1.90. The summed E-state index contributed by atoms with van der Waals surface area (Å²) in [5, 5.41) is 13.6. The highest BCUT2D eigenvalue weighted by atomic mass is 19.4. The van der Waals surface area contributed by atoms with Crippen molar-refractivity contribution in [2.75, 3.05) is 19.6 Å². The molecule has 2 rings (SSSR count). The number of ether oxygens (including phenoxy) is 1. The van der Waals surface area contributed by atoms with E-state index in [0.29, 0.717) is 13.1 Å². The molecule has 9 heteroatoms. The maximum absolute atomic E-state index is 12.8. The molecule has 1 amide bonds. The Labute approximate surface area is 182 Å². The molecule has 2 heterocycles. The molecule has 0 bridgehead atoms. The smallest absolute Gasteiger partial charge is 0.433 e. The minimum absolute atomic E-state index is 0.0214. The van der Waals surface area contributed by atoms with Crippen molar-refractivity contribution < 1.29 is 27.8 Å². The van der Waals surface area contributed by atoms with Gasteiger partial charge in [0.25, 0.3) is 0 Å². The molecule has 0 aliphatic carbocycles. The van der Waals surface area contributed by atoms with Gasteiger partial charge in [-0.2, -0.15) is 13.2 Å². The maximum Gasteiger partial charge on any atom is 0.433 e. The zero-order valence-corrected chi connectivity index (χ0v) is 18.9. The lowest BCUT2D eigenvalue weighted by atomic mass is 9.85. The fourth-order valence-corrected chi connectivity index (χ4v) is 3.79. The Morgan fingerprint density at radius 2 is 1.97 bits per heavy atom. The number of nitrogens with zero attached hydrogens (tertiary/aromatic N) is 2. The van der Waals surface area contributed by atoms with E-state index in [4.69, 9.17) is 4.74 Å². The van der Waals surface area contributed by atoms with Crippen molar-refractivity contribution in [2.24, 2.45) is 5.92 Å². The Bertz CT molecular complexity index is 747. The van der Waals surface area contributed by atoms with Gasteiger partial charge >= 0.3 is 12.3 Å². The number of carbonyl (C=O) groups excluding carboxylic acids is 1. The average molecular weight is 446 g/mol. The van der Waals surface area contributed by atoms with Crippen molar-refractivity contribution >= 4 is 6.09 Å². The Kier molecular flexibility index (Phi) is 7.97. The van der Waals surface area contributed by atoms with Crippen molar-refractivity contribution in [1.82, 2.24) is 15.2 Å². The second kappa shape index (κ2) is 9.73. The summed E-state index contributed by atoms with van der Waals surface area (Å²) in [7, 11) is 0. The number of pyridine rings is 1. The van der Waals surface area contributed by atoms with Gasteiger partial charge in [-0.15, -0.1) is 0 Å². The molecule has 1 aliphatic rings. The predicted octanol–water partition coefficient (Wildman–Crippen LogP) is 4.54. The van der Waals surface area contributed by atoms with Crippen molar-refractivity contribution in [1.29, 1.82) is 0 Å². The molecule has 1 aliphatic heterocycles. The second-order valence-corrected chi connectivity index (χ2v) is 9.86. The molecule has 2 atom stereocenters. The van der Waals surface area contributed by atoms with Crippen molar-refractivity contribution in [3.05, 3.63) is 29.6 Å². The number of hydrogen-bond acceptors (Lipinski definition) is 5. The van der Waals surface area contributed by atoms with Gasteiger partial charge in [-0.1, -0.05) is 6.07 Å². The molecule has 31 heavy (non-hydrogen) atoms. The zero-order valence-electron chi connectivity index (χ0n) is 18.9. The van der Waals surface area contributed by atoms with E-state index in [1.165, 1.54) is 12.1 Å². The molecule has 1 aromatic heterocycles. The number of piperidine rings is 1. The molecular weight excluding hydrogens is 411 g/mol. The van der Waals surface area contributed by atoms with Crippen LogP contribution in [0.2, 0.25) is 0 Å². The van der Waals surface area contributed by atoms with Crippen LogP contribution in [-0.4, -0.2) is 51.9 Å². The van der Waals surface area contributed by atoms with Gasteiger partial charge in [0.1, 0.15) is 17.4 Å². The summed E-state index contributed by atoms with van der Waals surface area (Å²) in [4.78, 5) is 17.6. The SMILES string of the molecule is CC(C)(C[C@@H]1CCCN(C(=O)OC(C)(C)C)C1)NC[C@H](O)c1cccc(C(F)(F)F)n1. The number of amides is 1. The van der Waals surface area contributed by atoms with Crippen LogP contribution in [0.3, 0.4) is 0 Å². The van der Waals surface area contributed by atoms with Gasteiger partial charge in [0.2, 0.25) is 0 Å². The highest BCUT2D eigenvalue weighted by Gasteiger charge is 2.34. The van der Waals surface area contributed by atoms with Gasteiger partial charge in [-0.3, -0.25) is 0 Å². The number of alkyl halides is 3. The summed E-state index contributed by atoms with van der Waals surface area (Å²) in [6.07, 6.45) is -3.42. The van der Waals surface area contributed by atoms with E-state index in [0.717, 1.165) is 25.3 Å². The lowest BCUT2D eigenvalue weighted by Crippen LogP contribution is -2.47. The van der Waals surface area contributed by atoms with Crippen LogP contribution in [0.1, 0.15) is 71.4 Å². The fraction of sp³-hybridized carbons (Fsp3) is 0.727. The average Bonchev–Trinajstić information content (AvgIpc) is 2.64. The number of aliphatic hydroxyl groups is 1. The van der Waals surface area contributed by atoms with Crippen molar-refractivity contribution in [2.45, 2.75) is 77.3 Å². The summed E-state index contributed by atoms with van der Waals surface area (Å²) in [6, 6.07) is 3.51. The Morgan fingerprint density at radius 3 is 2.58 bits per heavy atom. The molecule has 0 aromatic carbocycles. The molecule has 0 saturated carbocycles. The summed E-state index contributed by atoms with van der Waals surface area (Å²) < 4.78 is 44.0. The van der Waals surface area contributed by atoms with E-state index in [2.05, 4.69) is 10.3 Å². The number of likely N-dealkylation sites (tertiary alicyclic amines) is 1. The van der Waals surface area contributed by atoms with Crippen molar-refractivity contribution in [3.63, 3.8) is 0 Å². The van der Waals surface area contributed by atoms with Gasteiger partial charge in [-0.05, 0) is 71.9 Å². The van der Waals surface area contributed by atoms with Crippen molar-refractivity contribution in [3.8, 4) is 0 Å². The number of hydrogen-bond donors (Lipinski definition) is 2. The second-order valence-electron chi connectivity index (χ2n) is 9.86. The molecule has 6 nitrogen and oxygen atoms in total. The minimum Gasteiger partial charge on any atom is -0.444 e. The quantitative estimate of drug-likeness (QED) is 0.673. The first-order valence-electron chi connectivity index (χ1n) is 10.6. The molecule has 1 aromatic rings. The topological polar surface area (TPSA) is 74.7 Å². The largest absolute Gasteiger partial charge is 0.444 e. The number of rotatable bonds is 6. The summed E-state index contributed by atoms with van der Waals surface area (Å²) in [5.74, 6) is 0.257. The first kappa shape index (κ1) is 25.4. The standard InChI is InChI=1S/C22H34F3N3O3/c1-20(2,3)31-19(30)28-11-7-8-15(14-28)12-21(4,5)26-13-17(29)16-9-6-10-18(27-16)22(23,24)25/h6,9-10,15,17,26,29H,7-8,11-14H2,1-5H3/t15-,17-/m0/s1. The predicted molar refractivity (Wildman–Crippen MR) is 111 cm³/mol. The van der Waals surface area contributed by atoms with Gasteiger partial charge < -0.3 is 20.1 Å². The first-order chi connectivity index (χ1) is 14.2. The first-order valence-corrected chi connectivity index (χ1v) is 10.6. The molecule has 1 fully saturated rings. The van der Waals surface area contributed by atoms with Gasteiger partial charge in [0.15, 0.2) is 0 Å². The lowest BCUT2D eigenvalue weighted by molar-refractivity contribution is -0.141. The molecule has 2 N–H and O–H groups in total. The lowest BCUT2D eigenvalue weighted by Gasteiger charge is -2.38. The minimum atomic E-state index is -4.55. The van der Waals surface area contributed by atoms with E-state index in [1.807, 2.05) is 34.6 Å². The van der Waals surface area contributed by atoms with E-state index in [-0.39, 0.29) is 29.8 Å². The van der Waals surface area contributed by atoms with Crippen LogP contribution in [-0.2, 0) is 10.9 Å². The van der Waals surface area contributed by atoms with E-state index in [1.54, 1.807) is 4.90 Å². The van der Waals surface area contributed by atoms with Crippen LogP contribution in [0.4, 0.5) is 18.0 Å². The van der Waals surface area contributed by atoms with Crippen LogP contribution >= 0.6 is 0 Å². The third-order valence-corrected chi connectivity index (χ3v) is 5.15. The van der Waals surface area contributed by atoms with Crippen LogP contribution < -0.4 is 5.32 Å². The number of aliphatic hydroxyl groups excluding tert-OH is 1. The van der Waals surface area contributed by atoms with Gasteiger partial charge in [0.05, 0.1) is 5.69 Å². The highest BCUT2D eigenvalue weighted by molar-refractivity contribution is 5.68. The summed E-state index contributed by atoms with van der Waals surface area (Å²) >= 11 is 0. The van der Waals surface area contributed by atoms with Crippen LogP contribution in [0.25, 0.3) is 0 Å². The Morgan fingerprint density at radius 1 is 1.29 bits per heavy atom. The monoisotopic (exact) mass is 445 g/mol. The van der Waals surface area contributed by atoms with Crippen LogP contribution in [0.5, 0.6) is 0 Å². The highest BCUT2D eigenvalue weighted by Crippen LogP contribution is 2.29. The summed E-state index contributed by atoms with van der Waals surface area (Å²) in [5.41, 5.74) is -1.97.